The fourth-order valence-corrected chi connectivity index (χ4v) is 4.34. The minimum atomic E-state index is -3.52. The summed E-state index contributed by atoms with van der Waals surface area (Å²) in [6.07, 6.45) is 0.936. The van der Waals surface area contributed by atoms with Gasteiger partial charge >= 0.3 is 0 Å². The Balaban J connectivity index is 2.02. The lowest BCUT2D eigenvalue weighted by atomic mass is 9.87. The number of nitrogens with one attached hydrogen (secondary N) is 1. The summed E-state index contributed by atoms with van der Waals surface area (Å²) in [6, 6.07) is 8.79. The third-order valence-corrected chi connectivity index (χ3v) is 6.33. The molecule has 0 aromatic heterocycles. The zero-order chi connectivity index (χ0) is 18.7. The molecule has 0 saturated carbocycles. The maximum atomic E-state index is 12.8. The fourth-order valence-electron chi connectivity index (χ4n) is 2.87. The summed E-state index contributed by atoms with van der Waals surface area (Å²) in [4.78, 5) is 11.8. The molecule has 0 atom stereocenters. The molecular formula is C18H25N3O3S. The summed E-state index contributed by atoms with van der Waals surface area (Å²) in [5.41, 5.74) is 1.06. The number of amides is 1. The SMILES string of the molecule is CC(C)(C)c1ccc(S(=O)(=O)N2CCC(NC(=O)CC#N)CC2)cc1. The van der Waals surface area contributed by atoms with Gasteiger partial charge in [-0.15, -0.1) is 0 Å². The molecule has 2 rings (SSSR count). The molecular weight excluding hydrogens is 338 g/mol. The van der Waals surface area contributed by atoms with Gasteiger partial charge in [0.15, 0.2) is 0 Å². The van der Waals surface area contributed by atoms with Crippen LogP contribution in [0.25, 0.3) is 0 Å². The summed E-state index contributed by atoms with van der Waals surface area (Å²) in [5.74, 6) is -0.304. The number of piperidine rings is 1. The Bertz CT molecular complexity index is 750. The first kappa shape index (κ1) is 19.4. The number of sulfonamides is 1. The number of carbonyl (C=O) groups is 1. The summed E-state index contributed by atoms with van der Waals surface area (Å²) in [6.45, 7) is 6.98. The van der Waals surface area contributed by atoms with Gasteiger partial charge in [0, 0.05) is 19.1 Å². The number of nitriles is 1. The van der Waals surface area contributed by atoms with Crippen molar-refractivity contribution in [1.82, 2.24) is 9.62 Å². The predicted octanol–water partition coefficient (Wildman–Crippen LogP) is 2.17. The van der Waals surface area contributed by atoms with Crippen molar-refractivity contribution in [1.29, 1.82) is 5.26 Å². The Hall–Kier alpha value is -1.91. The van der Waals surface area contributed by atoms with Crippen LogP contribution in [0.4, 0.5) is 0 Å². The van der Waals surface area contributed by atoms with Gasteiger partial charge in [-0.3, -0.25) is 4.79 Å². The molecule has 1 aromatic rings. The molecule has 7 heteroatoms. The van der Waals surface area contributed by atoms with Gasteiger partial charge in [0.05, 0.1) is 11.0 Å². The van der Waals surface area contributed by atoms with Gasteiger partial charge < -0.3 is 5.32 Å². The predicted molar refractivity (Wildman–Crippen MR) is 95.3 cm³/mol. The van der Waals surface area contributed by atoms with Crippen LogP contribution in [0.5, 0.6) is 0 Å². The number of hydrogen-bond donors (Lipinski definition) is 1. The van der Waals surface area contributed by atoms with Crippen LogP contribution in [-0.2, 0) is 20.2 Å². The van der Waals surface area contributed by atoms with E-state index in [-0.39, 0.29) is 23.8 Å². The van der Waals surface area contributed by atoms with Gasteiger partial charge in [-0.2, -0.15) is 9.57 Å². The summed E-state index contributed by atoms with van der Waals surface area (Å²) < 4.78 is 27.0. The van der Waals surface area contributed by atoms with Crippen molar-refractivity contribution in [3.8, 4) is 6.07 Å². The molecule has 6 nitrogen and oxygen atoms in total. The number of hydrogen-bond acceptors (Lipinski definition) is 4. The van der Waals surface area contributed by atoms with Gasteiger partial charge in [-0.1, -0.05) is 32.9 Å². The molecule has 1 aromatic carbocycles. The maximum absolute atomic E-state index is 12.8. The molecule has 0 aliphatic carbocycles. The van der Waals surface area contributed by atoms with E-state index >= 15 is 0 Å². The molecule has 0 unspecified atom stereocenters. The zero-order valence-corrected chi connectivity index (χ0v) is 15.8. The Morgan fingerprint density at radius 2 is 1.80 bits per heavy atom. The average Bonchev–Trinajstić information content (AvgIpc) is 2.55. The minimum Gasteiger partial charge on any atom is -0.352 e. The normalized spacial score (nSPS) is 17.0. The highest BCUT2D eigenvalue weighted by Crippen LogP contribution is 2.26. The molecule has 25 heavy (non-hydrogen) atoms. The van der Waals surface area contributed by atoms with Crippen LogP contribution in [0.2, 0.25) is 0 Å². The molecule has 1 aliphatic heterocycles. The summed E-state index contributed by atoms with van der Waals surface area (Å²) in [7, 11) is -3.52. The van der Waals surface area contributed by atoms with E-state index in [1.807, 2.05) is 18.2 Å². The quantitative estimate of drug-likeness (QED) is 0.887. The third-order valence-electron chi connectivity index (χ3n) is 4.42. The van der Waals surface area contributed by atoms with Crippen molar-refractivity contribution >= 4 is 15.9 Å². The molecule has 1 heterocycles. The molecule has 1 N–H and O–H groups in total. The monoisotopic (exact) mass is 363 g/mol. The van der Waals surface area contributed by atoms with E-state index in [2.05, 4.69) is 26.1 Å². The van der Waals surface area contributed by atoms with Crippen molar-refractivity contribution in [2.45, 2.75) is 56.4 Å². The molecule has 0 radical (unpaired) electrons. The molecule has 0 spiro atoms. The van der Waals surface area contributed by atoms with Crippen molar-refractivity contribution < 1.29 is 13.2 Å². The molecule has 136 valence electrons. The highest BCUT2D eigenvalue weighted by atomic mass is 32.2. The van der Waals surface area contributed by atoms with E-state index < -0.39 is 10.0 Å². The van der Waals surface area contributed by atoms with E-state index in [1.54, 1.807) is 12.1 Å². The van der Waals surface area contributed by atoms with Crippen LogP contribution in [0.3, 0.4) is 0 Å². The second-order valence-electron chi connectivity index (χ2n) is 7.36. The first-order valence-electron chi connectivity index (χ1n) is 8.41. The van der Waals surface area contributed by atoms with Crippen LogP contribution in [0, 0.1) is 11.3 Å². The lowest BCUT2D eigenvalue weighted by molar-refractivity contribution is -0.121. The molecule has 0 bridgehead atoms. The Kier molecular flexibility index (Phi) is 5.86. The molecule has 1 saturated heterocycles. The average molecular weight is 363 g/mol. The van der Waals surface area contributed by atoms with Crippen molar-refractivity contribution in [3.05, 3.63) is 29.8 Å². The zero-order valence-electron chi connectivity index (χ0n) is 14.9. The lowest BCUT2D eigenvalue weighted by Crippen LogP contribution is -2.46. The van der Waals surface area contributed by atoms with Crippen molar-refractivity contribution in [2.75, 3.05) is 13.1 Å². The Labute approximate surface area is 149 Å². The van der Waals surface area contributed by atoms with Crippen LogP contribution in [-0.4, -0.2) is 37.8 Å². The molecule has 1 amide bonds. The number of carbonyl (C=O) groups excluding carboxylic acids is 1. The number of benzene rings is 1. The van der Waals surface area contributed by atoms with E-state index in [0.29, 0.717) is 30.8 Å². The first-order valence-corrected chi connectivity index (χ1v) is 9.85. The Morgan fingerprint density at radius 3 is 2.28 bits per heavy atom. The number of nitrogens with zero attached hydrogens (tertiary/aromatic N) is 2. The van der Waals surface area contributed by atoms with Crippen LogP contribution < -0.4 is 5.32 Å². The van der Waals surface area contributed by atoms with Crippen LogP contribution >= 0.6 is 0 Å². The standard InChI is InChI=1S/C18H25N3O3S/c1-18(2,3)14-4-6-16(7-5-14)25(23,24)21-12-9-15(10-13-21)20-17(22)8-11-19/h4-7,15H,8-10,12-13H2,1-3H3,(H,20,22). The first-order chi connectivity index (χ1) is 11.6. The topological polar surface area (TPSA) is 90.3 Å². The van der Waals surface area contributed by atoms with Gasteiger partial charge in [-0.05, 0) is 36.0 Å². The van der Waals surface area contributed by atoms with Gasteiger partial charge in [-0.25, -0.2) is 8.42 Å². The van der Waals surface area contributed by atoms with Crippen LogP contribution in [0.1, 0.15) is 45.6 Å². The molecule has 1 aliphatic rings. The lowest BCUT2D eigenvalue weighted by Gasteiger charge is -2.31. The van der Waals surface area contributed by atoms with Gasteiger partial charge in [0.2, 0.25) is 15.9 Å². The van der Waals surface area contributed by atoms with E-state index in [1.165, 1.54) is 4.31 Å². The van der Waals surface area contributed by atoms with Crippen molar-refractivity contribution in [3.63, 3.8) is 0 Å². The Morgan fingerprint density at radius 1 is 1.24 bits per heavy atom. The highest BCUT2D eigenvalue weighted by Gasteiger charge is 2.30. The largest absolute Gasteiger partial charge is 0.352 e. The minimum absolute atomic E-state index is 0.0255. The van der Waals surface area contributed by atoms with E-state index in [0.717, 1.165) is 5.56 Å². The van der Waals surface area contributed by atoms with Gasteiger partial charge in [0.25, 0.3) is 0 Å². The second-order valence-corrected chi connectivity index (χ2v) is 9.29. The van der Waals surface area contributed by atoms with E-state index in [9.17, 15) is 13.2 Å². The van der Waals surface area contributed by atoms with Crippen LogP contribution in [0.15, 0.2) is 29.2 Å². The third kappa shape index (κ3) is 4.80. The molecule has 1 fully saturated rings. The number of rotatable bonds is 4. The summed E-state index contributed by atoms with van der Waals surface area (Å²) >= 11 is 0. The maximum Gasteiger partial charge on any atom is 0.243 e. The van der Waals surface area contributed by atoms with Crippen molar-refractivity contribution in [2.24, 2.45) is 0 Å². The fraction of sp³-hybridized carbons (Fsp3) is 0.556. The van der Waals surface area contributed by atoms with Gasteiger partial charge in [0.1, 0.15) is 6.42 Å². The smallest absolute Gasteiger partial charge is 0.243 e. The second kappa shape index (κ2) is 7.54. The summed E-state index contributed by atoms with van der Waals surface area (Å²) in [5, 5.41) is 11.3. The van der Waals surface area contributed by atoms with E-state index in [4.69, 9.17) is 5.26 Å². The highest BCUT2D eigenvalue weighted by molar-refractivity contribution is 7.89.